The number of hydrogen-bond donors (Lipinski definition) is 1. The van der Waals surface area contributed by atoms with E-state index in [1.54, 1.807) is 12.1 Å². The number of hydrogen-bond acceptors (Lipinski definition) is 5. The molecular weight excluding hydrogens is 389 g/mol. The van der Waals surface area contributed by atoms with Gasteiger partial charge in [0.25, 0.3) is 5.19 Å². The fourth-order valence-electron chi connectivity index (χ4n) is 2.57. The molecule has 5 nitrogen and oxygen atoms in total. The number of carbonyl (C=O) groups is 1. The van der Waals surface area contributed by atoms with Gasteiger partial charge in [0.2, 0.25) is 5.91 Å². The number of aromatic nitrogens is 2. The molecule has 0 aliphatic rings. The molecular formula is C22H24FN3O2S. The molecule has 0 radical (unpaired) electrons. The summed E-state index contributed by atoms with van der Waals surface area (Å²) < 4.78 is 23.0. The Kier molecular flexibility index (Phi) is 6.93. The summed E-state index contributed by atoms with van der Waals surface area (Å²) in [5, 5.41) is 3.44. The highest BCUT2D eigenvalue weighted by molar-refractivity contribution is 7.07. The molecule has 0 saturated carbocycles. The van der Waals surface area contributed by atoms with Crippen molar-refractivity contribution in [2.75, 3.05) is 0 Å². The van der Waals surface area contributed by atoms with Crippen LogP contribution in [0.1, 0.15) is 37.7 Å². The largest absolute Gasteiger partial charge is 0.430 e. The summed E-state index contributed by atoms with van der Waals surface area (Å²) in [4.78, 5) is 16.5. The van der Waals surface area contributed by atoms with Gasteiger partial charge in [-0.1, -0.05) is 38.1 Å². The monoisotopic (exact) mass is 413 g/mol. The number of carbonyl (C=O) groups excluding carboxylic acids is 1. The van der Waals surface area contributed by atoms with Crippen LogP contribution in [0.3, 0.4) is 0 Å². The van der Waals surface area contributed by atoms with Gasteiger partial charge < -0.3 is 10.1 Å². The number of halogens is 1. The standard InChI is InChI=1S/C22H24FN3O2S/c1-14(2)15(3)24-21(27)13-17-6-10-19(11-7-17)28-22-25-20(26-29-22)12-16-4-8-18(23)9-5-16/h4-11,14-15H,12-13H2,1-3H3,(H,24,27). The molecule has 1 N–H and O–H groups in total. The first-order valence-electron chi connectivity index (χ1n) is 9.52. The molecule has 1 heterocycles. The zero-order valence-corrected chi connectivity index (χ0v) is 17.5. The van der Waals surface area contributed by atoms with Crippen LogP contribution in [0.2, 0.25) is 0 Å². The third kappa shape index (κ3) is 6.35. The third-order valence-corrected chi connectivity index (χ3v) is 5.24. The highest BCUT2D eigenvalue weighted by Crippen LogP contribution is 2.24. The zero-order valence-electron chi connectivity index (χ0n) is 16.7. The first kappa shape index (κ1) is 20.9. The van der Waals surface area contributed by atoms with E-state index >= 15 is 0 Å². The van der Waals surface area contributed by atoms with Crippen LogP contribution in [0.5, 0.6) is 10.9 Å². The Labute approximate surface area is 174 Å². The Morgan fingerprint density at radius 2 is 1.72 bits per heavy atom. The molecule has 0 spiro atoms. The minimum absolute atomic E-state index is 0.00873. The molecule has 152 valence electrons. The number of rotatable bonds is 8. The summed E-state index contributed by atoms with van der Waals surface area (Å²) in [6.45, 7) is 6.16. The van der Waals surface area contributed by atoms with Gasteiger partial charge in [-0.05, 0) is 48.2 Å². The maximum absolute atomic E-state index is 13.0. The number of nitrogens with zero attached hydrogens (tertiary/aromatic N) is 2. The van der Waals surface area contributed by atoms with Gasteiger partial charge in [0.15, 0.2) is 5.82 Å². The molecule has 1 aromatic heterocycles. The Morgan fingerprint density at radius 3 is 2.38 bits per heavy atom. The number of benzene rings is 2. The second kappa shape index (κ2) is 9.60. The molecule has 1 atom stereocenters. The molecule has 1 amide bonds. The summed E-state index contributed by atoms with van der Waals surface area (Å²) >= 11 is 1.17. The van der Waals surface area contributed by atoms with Gasteiger partial charge in [0, 0.05) is 24.0 Å². The van der Waals surface area contributed by atoms with Crippen molar-refractivity contribution in [1.29, 1.82) is 0 Å². The van der Waals surface area contributed by atoms with Gasteiger partial charge >= 0.3 is 0 Å². The zero-order chi connectivity index (χ0) is 20.8. The molecule has 3 aromatic rings. The SMILES string of the molecule is CC(C)C(C)NC(=O)Cc1ccc(Oc2nc(Cc3ccc(F)cc3)ns2)cc1. The maximum Gasteiger partial charge on any atom is 0.298 e. The fourth-order valence-corrected chi connectivity index (χ4v) is 3.14. The van der Waals surface area contributed by atoms with Crippen LogP contribution in [-0.4, -0.2) is 21.3 Å². The van der Waals surface area contributed by atoms with Crippen LogP contribution in [0.15, 0.2) is 48.5 Å². The second-order valence-corrected chi connectivity index (χ2v) is 8.02. The van der Waals surface area contributed by atoms with Crippen LogP contribution >= 0.6 is 11.5 Å². The number of nitrogens with one attached hydrogen (secondary N) is 1. The van der Waals surface area contributed by atoms with Crippen molar-refractivity contribution in [2.45, 2.75) is 39.7 Å². The molecule has 0 bridgehead atoms. The highest BCUT2D eigenvalue weighted by atomic mass is 32.1. The van der Waals surface area contributed by atoms with Gasteiger partial charge in [-0.25, -0.2) is 4.39 Å². The predicted molar refractivity (Wildman–Crippen MR) is 112 cm³/mol. The normalized spacial score (nSPS) is 12.0. The van der Waals surface area contributed by atoms with E-state index in [1.807, 2.05) is 31.2 Å². The van der Waals surface area contributed by atoms with E-state index in [9.17, 15) is 9.18 Å². The molecule has 0 fully saturated rings. The van der Waals surface area contributed by atoms with Crippen LogP contribution in [0.25, 0.3) is 0 Å². The van der Waals surface area contributed by atoms with Crippen LogP contribution in [-0.2, 0) is 17.6 Å². The van der Waals surface area contributed by atoms with E-state index in [4.69, 9.17) is 4.74 Å². The molecule has 0 aliphatic heterocycles. The predicted octanol–water partition coefficient (Wildman–Crippen LogP) is 4.76. The second-order valence-electron chi connectivity index (χ2n) is 7.30. The molecule has 0 saturated heterocycles. The van der Waals surface area contributed by atoms with Crippen LogP contribution in [0, 0.1) is 11.7 Å². The molecule has 1 unspecified atom stereocenters. The molecule has 0 aliphatic carbocycles. The Balaban J connectivity index is 1.54. The Morgan fingerprint density at radius 1 is 1.07 bits per heavy atom. The summed E-state index contributed by atoms with van der Waals surface area (Å²) in [6.07, 6.45) is 0.848. The van der Waals surface area contributed by atoms with Gasteiger partial charge in [-0.15, -0.1) is 0 Å². The van der Waals surface area contributed by atoms with E-state index in [2.05, 4.69) is 28.5 Å². The molecule has 7 heteroatoms. The summed E-state index contributed by atoms with van der Waals surface area (Å²) in [6, 6.07) is 13.8. The minimum Gasteiger partial charge on any atom is -0.430 e. The van der Waals surface area contributed by atoms with E-state index in [0.717, 1.165) is 11.1 Å². The Hall–Kier alpha value is -2.80. The van der Waals surface area contributed by atoms with Gasteiger partial charge in [-0.2, -0.15) is 9.36 Å². The first-order chi connectivity index (χ1) is 13.9. The minimum atomic E-state index is -0.264. The van der Waals surface area contributed by atoms with E-state index in [-0.39, 0.29) is 17.8 Å². The summed E-state index contributed by atoms with van der Waals surface area (Å²) in [7, 11) is 0. The quantitative estimate of drug-likeness (QED) is 0.578. The van der Waals surface area contributed by atoms with Crippen LogP contribution in [0.4, 0.5) is 4.39 Å². The van der Waals surface area contributed by atoms with Crippen molar-refractivity contribution in [3.63, 3.8) is 0 Å². The average molecular weight is 414 g/mol. The smallest absolute Gasteiger partial charge is 0.298 e. The van der Waals surface area contributed by atoms with Gasteiger partial charge in [0.05, 0.1) is 6.42 Å². The molecule has 2 aromatic carbocycles. The van der Waals surface area contributed by atoms with E-state index in [0.29, 0.717) is 35.5 Å². The lowest BCUT2D eigenvalue weighted by molar-refractivity contribution is -0.121. The summed E-state index contributed by atoms with van der Waals surface area (Å²) in [5.74, 6) is 1.40. The molecule has 3 rings (SSSR count). The molecule has 29 heavy (non-hydrogen) atoms. The summed E-state index contributed by atoms with van der Waals surface area (Å²) in [5.41, 5.74) is 1.85. The lowest BCUT2D eigenvalue weighted by atomic mass is 10.1. The third-order valence-electron chi connectivity index (χ3n) is 4.61. The topological polar surface area (TPSA) is 64.1 Å². The number of ether oxygens (including phenoxy) is 1. The average Bonchev–Trinajstić information content (AvgIpc) is 3.12. The lowest BCUT2D eigenvalue weighted by Gasteiger charge is -2.17. The fraction of sp³-hybridized carbons (Fsp3) is 0.318. The Bertz CT molecular complexity index is 939. The first-order valence-corrected chi connectivity index (χ1v) is 10.3. The van der Waals surface area contributed by atoms with Crippen LogP contribution < -0.4 is 10.1 Å². The van der Waals surface area contributed by atoms with E-state index < -0.39 is 0 Å². The van der Waals surface area contributed by atoms with Crippen molar-refractivity contribution < 1.29 is 13.9 Å². The lowest BCUT2D eigenvalue weighted by Crippen LogP contribution is -2.37. The highest BCUT2D eigenvalue weighted by Gasteiger charge is 2.12. The van der Waals surface area contributed by atoms with E-state index in [1.165, 1.54) is 23.7 Å². The maximum atomic E-state index is 13.0. The van der Waals surface area contributed by atoms with Crippen molar-refractivity contribution in [3.8, 4) is 10.9 Å². The number of amides is 1. The van der Waals surface area contributed by atoms with Crippen molar-refractivity contribution in [2.24, 2.45) is 5.92 Å². The van der Waals surface area contributed by atoms with Crippen molar-refractivity contribution >= 4 is 17.4 Å². The van der Waals surface area contributed by atoms with Gasteiger partial charge in [0.1, 0.15) is 11.6 Å². The van der Waals surface area contributed by atoms with Gasteiger partial charge in [-0.3, -0.25) is 4.79 Å². The van der Waals surface area contributed by atoms with Crippen molar-refractivity contribution in [1.82, 2.24) is 14.7 Å². The van der Waals surface area contributed by atoms with Crippen molar-refractivity contribution in [3.05, 3.63) is 71.3 Å².